The lowest BCUT2D eigenvalue weighted by Gasteiger charge is -2.20. The molecule has 0 aromatic heterocycles. The van der Waals surface area contributed by atoms with Gasteiger partial charge >= 0.3 is 0 Å². The van der Waals surface area contributed by atoms with Crippen LogP contribution in [0.3, 0.4) is 0 Å². The third-order valence-electron chi connectivity index (χ3n) is 4.56. The molecule has 0 spiro atoms. The standard InChI is InChI=1S/C23H21Cl2NOS/c1-14-10-11-16(15(2)12-14)20(27)13-22(23-17(24)6-5-7-18(23)25)28-21-9-4-3-8-19(21)26/h3-12,22H,13,26H2,1-2H3/t22-/m0/s1. The molecule has 28 heavy (non-hydrogen) atoms. The maximum absolute atomic E-state index is 13.1. The highest BCUT2D eigenvalue weighted by Gasteiger charge is 2.24. The second kappa shape index (κ2) is 9.04. The van der Waals surface area contributed by atoms with E-state index in [1.165, 1.54) is 11.8 Å². The Morgan fingerprint density at radius 2 is 1.68 bits per heavy atom. The van der Waals surface area contributed by atoms with Crippen LogP contribution in [0.4, 0.5) is 5.69 Å². The van der Waals surface area contributed by atoms with Gasteiger partial charge in [0.1, 0.15) is 0 Å². The van der Waals surface area contributed by atoms with Crippen LogP contribution in [0, 0.1) is 13.8 Å². The Labute approximate surface area is 180 Å². The highest BCUT2D eigenvalue weighted by Crippen LogP contribution is 2.45. The van der Waals surface area contributed by atoms with E-state index in [-0.39, 0.29) is 17.5 Å². The Morgan fingerprint density at radius 1 is 1.00 bits per heavy atom. The first-order valence-electron chi connectivity index (χ1n) is 8.92. The molecule has 3 rings (SSSR count). The van der Waals surface area contributed by atoms with Gasteiger partial charge in [0.15, 0.2) is 5.78 Å². The second-order valence-electron chi connectivity index (χ2n) is 6.73. The molecule has 2 nitrogen and oxygen atoms in total. The summed E-state index contributed by atoms with van der Waals surface area (Å²) >= 11 is 14.5. The number of hydrogen-bond donors (Lipinski definition) is 1. The number of hydrogen-bond acceptors (Lipinski definition) is 3. The molecule has 1 atom stereocenters. The van der Waals surface area contributed by atoms with Crippen molar-refractivity contribution in [1.82, 2.24) is 0 Å². The number of nitrogens with two attached hydrogens (primary N) is 1. The van der Waals surface area contributed by atoms with Gasteiger partial charge in [-0.3, -0.25) is 4.79 Å². The average molecular weight is 430 g/mol. The van der Waals surface area contributed by atoms with Gasteiger partial charge in [0.25, 0.3) is 0 Å². The second-order valence-corrected chi connectivity index (χ2v) is 8.78. The number of aryl methyl sites for hydroxylation is 2. The molecule has 0 aliphatic heterocycles. The molecule has 2 N–H and O–H groups in total. The number of thioether (sulfide) groups is 1. The molecule has 3 aromatic carbocycles. The molecule has 0 saturated carbocycles. The molecule has 0 radical (unpaired) electrons. The number of halogens is 2. The zero-order valence-corrected chi connectivity index (χ0v) is 18.0. The number of carbonyl (C=O) groups excluding carboxylic acids is 1. The van der Waals surface area contributed by atoms with Gasteiger partial charge in [0, 0.05) is 43.4 Å². The molecule has 144 valence electrons. The summed E-state index contributed by atoms with van der Waals surface area (Å²) in [6.07, 6.45) is 0.270. The van der Waals surface area contributed by atoms with Gasteiger partial charge in [-0.2, -0.15) is 0 Å². The van der Waals surface area contributed by atoms with Gasteiger partial charge < -0.3 is 5.73 Å². The lowest BCUT2D eigenvalue weighted by atomic mass is 9.97. The topological polar surface area (TPSA) is 43.1 Å². The zero-order chi connectivity index (χ0) is 20.3. The van der Waals surface area contributed by atoms with Crippen molar-refractivity contribution in [3.05, 3.63) is 93.0 Å². The number of benzene rings is 3. The van der Waals surface area contributed by atoms with Crippen molar-refractivity contribution in [2.45, 2.75) is 30.4 Å². The minimum absolute atomic E-state index is 0.0560. The van der Waals surface area contributed by atoms with E-state index in [0.29, 0.717) is 15.7 Å². The fourth-order valence-corrected chi connectivity index (χ4v) is 5.23. The normalized spacial score (nSPS) is 12.0. The fraction of sp³-hybridized carbons (Fsp3) is 0.174. The number of carbonyl (C=O) groups is 1. The Balaban J connectivity index is 1.98. The molecule has 0 fully saturated rings. The van der Waals surface area contributed by atoms with Crippen LogP contribution in [0.25, 0.3) is 0 Å². The SMILES string of the molecule is Cc1ccc(C(=O)C[C@H](Sc2ccccc2N)c2c(Cl)cccc2Cl)c(C)c1. The molecular weight excluding hydrogens is 409 g/mol. The summed E-state index contributed by atoms with van der Waals surface area (Å²) in [5.74, 6) is 0.0560. The third kappa shape index (κ3) is 4.72. The van der Waals surface area contributed by atoms with E-state index in [0.717, 1.165) is 27.1 Å². The van der Waals surface area contributed by atoms with Crippen LogP contribution in [0.15, 0.2) is 65.6 Å². The number of anilines is 1. The Kier molecular flexibility index (Phi) is 6.71. The highest BCUT2D eigenvalue weighted by molar-refractivity contribution is 7.99. The van der Waals surface area contributed by atoms with Crippen molar-refractivity contribution >= 4 is 46.4 Å². The van der Waals surface area contributed by atoms with E-state index in [4.69, 9.17) is 28.9 Å². The quantitative estimate of drug-likeness (QED) is 0.254. The predicted molar refractivity (Wildman–Crippen MR) is 121 cm³/mol. The van der Waals surface area contributed by atoms with Gasteiger partial charge in [-0.05, 0) is 43.7 Å². The number of para-hydroxylation sites is 1. The van der Waals surface area contributed by atoms with Crippen molar-refractivity contribution in [2.24, 2.45) is 0 Å². The maximum atomic E-state index is 13.1. The first-order chi connectivity index (χ1) is 13.4. The van der Waals surface area contributed by atoms with E-state index in [1.54, 1.807) is 18.2 Å². The van der Waals surface area contributed by atoms with Crippen LogP contribution in [0.5, 0.6) is 0 Å². The lowest BCUT2D eigenvalue weighted by molar-refractivity contribution is 0.0981. The summed E-state index contributed by atoms with van der Waals surface area (Å²) < 4.78 is 0. The van der Waals surface area contributed by atoms with E-state index >= 15 is 0 Å². The van der Waals surface area contributed by atoms with Crippen LogP contribution in [0.2, 0.25) is 10.0 Å². The summed E-state index contributed by atoms with van der Waals surface area (Å²) in [5, 5.41) is 0.847. The van der Waals surface area contributed by atoms with Crippen LogP contribution < -0.4 is 5.73 Å². The van der Waals surface area contributed by atoms with Gasteiger partial charge in [-0.25, -0.2) is 0 Å². The minimum atomic E-state index is -0.251. The number of nitrogen functional groups attached to an aromatic ring is 1. The summed E-state index contributed by atoms with van der Waals surface area (Å²) in [6, 6.07) is 18.9. The van der Waals surface area contributed by atoms with E-state index < -0.39 is 0 Å². The molecule has 0 amide bonds. The summed E-state index contributed by atoms with van der Waals surface area (Å²) in [6.45, 7) is 3.97. The molecule has 0 unspecified atom stereocenters. The largest absolute Gasteiger partial charge is 0.398 e. The smallest absolute Gasteiger partial charge is 0.164 e. The van der Waals surface area contributed by atoms with Crippen LogP contribution >= 0.6 is 35.0 Å². The molecule has 0 aliphatic rings. The molecule has 0 bridgehead atoms. The molecule has 3 aromatic rings. The van der Waals surface area contributed by atoms with Crippen LogP contribution in [-0.2, 0) is 0 Å². The van der Waals surface area contributed by atoms with Crippen LogP contribution in [-0.4, -0.2) is 5.78 Å². The predicted octanol–water partition coefficient (Wildman–Crippen LogP) is 7.30. The van der Waals surface area contributed by atoms with E-state index in [1.807, 2.05) is 56.3 Å². The Morgan fingerprint density at radius 3 is 2.32 bits per heavy atom. The molecule has 5 heteroatoms. The molecule has 0 aliphatic carbocycles. The monoisotopic (exact) mass is 429 g/mol. The zero-order valence-electron chi connectivity index (χ0n) is 15.7. The van der Waals surface area contributed by atoms with E-state index in [9.17, 15) is 4.79 Å². The summed E-state index contributed by atoms with van der Waals surface area (Å²) in [5.41, 5.74) is 10.4. The average Bonchev–Trinajstić information content (AvgIpc) is 2.63. The van der Waals surface area contributed by atoms with Gasteiger partial charge in [-0.1, -0.05) is 65.2 Å². The van der Waals surface area contributed by atoms with Crippen molar-refractivity contribution in [3.8, 4) is 0 Å². The third-order valence-corrected chi connectivity index (χ3v) is 6.53. The number of ketones is 1. The molecular formula is C23H21Cl2NOS. The molecule has 0 heterocycles. The molecule has 0 saturated heterocycles. The van der Waals surface area contributed by atoms with E-state index in [2.05, 4.69) is 0 Å². The Bertz CT molecular complexity index is 999. The number of Topliss-reactive ketones (excluding diaryl/α,β-unsaturated/α-hetero) is 1. The van der Waals surface area contributed by atoms with Gasteiger partial charge in [0.05, 0.1) is 0 Å². The van der Waals surface area contributed by atoms with Crippen LogP contribution in [0.1, 0.15) is 38.7 Å². The first kappa shape index (κ1) is 20.8. The summed E-state index contributed by atoms with van der Waals surface area (Å²) in [7, 11) is 0. The van der Waals surface area contributed by atoms with Crippen molar-refractivity contribution < 1.29 is 4.79 Å². The van der Waals surface area contributed by atoms with Crippen molar-refractivity contribution in [3.63, 3.8) is 0 Å². The Hall–Kier alpha value is -1.94. The van der Waals surface area contributed by atoms with Gasteiger partial charge in [-0.15, -0.1) is 11.8 Å². The van der Waals surface area contributed by atoms with Gasteiger partial charge in [0.2, 0.25) is 0 Å². The van der Waals surface area contributed by atoms with Crippen molar-refractivity contribution in [2.75, 3.05) is 5.73 Å². The number of rotatable bonds is 6. The highest BCUT2D eigenvalue weighted by atomic mass is 35.5. The minimum Gasteiger partial charge on any atom is -0.398 e. The lowest BCUT2D eigenvalue weighted by Crippen LogP contribution is -2.08. The maximum Gasteiger partial charge on any atom is 0.164 e. The van der Waals surface area contributed by atoms with Crippen molar-refractivity contribution in [1.29, 1.82) is 0 Å². The first-order valence-corrected chi connectivity index (χ1v) is 10.6. The fourth-order valence-electron chi connectivity index (χ4n) is 3.17. The summed E-state index contributed by atoms with van der Waals surface area (Å²) in [4.78, 5) is 14.0.